The van der Waals surface area contributed by atoms with Crippen LogP contribution in [0.5, 0.6) is 5.75 Å². The van der Waals surface area contributed by atoms with Gasteiger partial charge in [-0.05, 0) is 43.5 Å². The van der Waals surface area contributed by atoms with Gasteiger partial charge in [-0.25, -0.2) is 9.78 Å². The Hall–Kier alpha value is -1.88. The van der Waals surface area contributed by atoms with Gasteiger partial charge in [-0.1, -0.05) is 6.07 Å². The second-order valence-electron chi connectivity index (χ2n) is 4.44. The molecule has 0 bridgehead atoms. The molecule has 0 atom stereocenters. The molecule has 0 spiro atoms. The van der Waals surface area contributed by atoms with Crippen LogP contribution in [0.3, 0.4) is 0 Å². The van der Waals surface area contributed by atoms with Crippen LogP contribution in [0.25, 0.3) is 0 Å². The molecule has 2 rings (SSSR count). The van der Waals surface area contributed by atoms with Crippen molar-refractivity contribution in [1.29, 1.82) is 0 Å². The minimum atomic E-state index is -1.00. The van der Waals surface area contributed by atoms with Crippen LogP contribution < -0.4 is 4.74 Å². The number of thiazole rings is 1. The number of rotatable bonds is 4. The summed E-state index contributed by atoms with van der Waals surface area (Å²) in [5, 5.41) is 10.6. The number of benzene rings is 1. The largest absolute Gasteiger partial charge is 0.487 e. The van der Waals surface area contributed by atoms with Crippen LogP contribution >= 0.6 is 11.3 Å². The second kappa shape index (κ2) is 5.40. The van der Waals surface area contributed by atoms with E-state index in [0.29, 0.717) is 5.69 Å². The number of aromatic nitrogens is 1. The minimum absolute atomic E-state index is 0.0933. The summed E-state index contributed by atoms with van der Waals surface area (Å²) >= 11 is 1.11. The van der Waals surface area contributed by atoms with Crippen molar-refractivity contribution in [3.63, 3.8) is 0 Å². The molecule has 0 unspecified atom stereocenters. The average molecular weight is 277 g/mol. The maximum absolute atomic E-state index is 10.7. The van der Waals surface area contributed by atoms with Gasteiger partial charge in [0.05, 0.1) is 5.69 Å². The van der Waals surface area contributed by atoms with Gasteiger partial charge < -0.3 is 9.84 Å². The number of carboxylic acid groups (broad SMARTS) is 1. The highest BCUT2D eigenvalue weighted by Gasteiger charge is 2.10. The lowest BCUT2D eigenvalue weighted by molar-refractivity contribution is 0.0696. The third kappa shape index (κ3) is 3.12. The molecule has 0 aliphatic rings. The zero-order valence-corrected chi connectivity index (χ0v) is 11.9. The summed E-state index contributed by atoms with van der Waals surface area (Å²) in [6.45, 7) is 6.35. The zero-order valence-electron chi connectivity index (χ0n) is 11.1. The van der Waals surface area contributed by atoms with Crippen LogP contribution in [-0.4, -0.2) is 16.1 Å². The normalized spacial score (nSPS) is 10.5. The van der Waals surface area contributed by atoms with Crippen LogP contribution in [-0.2, 0) is 6.61 Å². The molecule has 1 aromatic carbocycles. The first kappa shape index (κ1) is 13.5. The molecule has 5 heteroatoms. The summed E-state index contributed by atoms with van der Waals surface area (Å²) in [5.41, 5.74) is 4.06. The molecule has 0 fully saturated rings. The predicted octanol–water partition coefficient (Wildman–Crippen LogP) is 3.35. The molecule has 0 aliphatic heterocycles. The van der Waals surface area contributed by atoms with Gasteiger partial charge >= 0.3 is 5.97 Å². The van der Waals surface area contributed by atoms with Crippen LogP contribution in [0.2, 0.25) is 0 Å². The van der Waals surface area contributed by atoms with E-state index in [9.17, 15) is 4.79 Å². The van der Waals surface area contributed by atoms with Gasteiger partial charge in [-0.2, -0.15) is 0 Å². The molecule has 0 radical (unpaired) electrons. The first-order valence-corrected chi connectivity index (χ1v) is 6.73. The van der Waals surface area contributed by atoms with Crippen molar-refractivity contribution in [2.24, 2.45) is 0 Å². The first-order chi connectivity index (χ1) is 8.97. The van der Waals surface area contributed by atoms with E-state index in [1.807, 2.05) is 26.8 Å². The van der Waals surface area contributed by atoms with Gasteiger partial charge in [0, 0.05) is 5.38 Å². The standard InChI is InChI=1S/C14H15NO3S/c1-8-4-9(2)10(3)12(5-8)18-6-11-7-19-13(15-11)14(16)17/h4-5,7H,6H2,1-3H3,(H,16,17). The van der Waals surface area contributed by atoms with Crippen molar-refractivity contribution in [3.05, 3.63) is 44.9 Å². The molecular formula is C14H15NO3S. The number of carbonyl (C=O) groups is 1. The van der Waals surface area contributed by atoms with E-state index in [0.717, 1.165) is 28.2 Å². The summed E-state index contributed by atoms with van der Waals surface area (Å²) in [6, 6.07) is 4.08. The van der Waals surface area contributed by atoms with Crippen LogP contribution in [0.1, 0.15) is 32.2 Å². The Labute approximate surface area is 115 Å². The fraction of sp³-hybridized carbons (Fsp3) is 0.286. The van der Waals surface area contributed by atoms with Crippen molar-refractivity contribution in [2.45, 2.75) is 27.4 Å². The number of hydrogen-bond acceptors (Lipinski definition) is 4. The number of aromatic carboxylic acids is 1. The van der Waals surface area contributed by atoms with Crippen molar-refractivity contribution in [2.75, 3.05) is 0 Å². The molecule has 0 saturated heterocycles. The molecule has 0 saturated carbocycles. The first-order valence-electron chi connectivity index (χ1n) is 5.85. The lowest BCUT2D eigenvalue weighted by atomic mass is 10.1. The summed E-state index contributed by atoms with van der Waals surface area (Å²) < 4.78 is 5.73. The quantitative estimate of drug-likeness (QED) is 0.931. The third-order valence-electron chi connectivity index (χ3n) is 2.87. The van der Waals surface area contributed by atoms with Gasteiger partial charge in [0.2, 0.25) is 5.01 Å². The summed E-state index contributed by atoms with van der Waals surface area (Å²) in [4.78, 5) is 14.7. The van der Waals surface area contributed by atoms with Crippen molar-refractivity contribution in [1.82, 2.24) is 4.98 Å². The van der Waals surface area contributed by atoms with Crippen LogP contribution in [0, 0.1) is 20.8 Å². The highest BCUT2D eigenvalue weighted by molar-refractivity contribution is 7.11. The SMILES string of the molecule is Cc1cc(C)c(C)c(OCc2csc(C(=O)O)n2)c1. The number of ether oxygens (including phenoxy) is 1. The molecular weight excluding hydrogens is 262 g/mol. The predicted molar refractivity (Wildman–Crippen MR) is 74.1 cm³/mol. The molecule has 0 aliphatic carbocycles. The maximum atomic E-state index is 10.7. The van der Waals surface area contributed by atoms with E-state index in [1.165, 1.54) is 5.56 Å². The fourth-order valence-electron chi connectivity index (χ4n) is 1.77. The molecule has 1 aromatic heterocycles. The van der Waals surface area contributed by atoms with E-state index >= 15 is 0 Å². The summed E-state index contributed by atoms with van der Waals surface area (Å²) in [5.74, 6) is -0.179. The van der Waals surface area contributed by atoms with E-state index in [-0.39, 0.29) is 11.6 Å². The van der Waals surface area contributed by atoms with Crippen molar-refractivity contribution < 1.29 is 14.6 Å². The Bertz CT molecular complexity index is 619. The average Bonchev–Trinajstić information content (AvgIpc) is 2.81. The van der Waals surface area contributed by atoms with Gasteiger partial charge in [0.1, 0.15) is 12.4 Å². The smallest absolute Gasteiger partial charge is 0.365 e. The monoisotopic (exact) mass is 277 g/mol. The molecule has 1 heterocycles. The number of carboxylic acids is 1. The molecule has 4 nitrogen and oxygen atoms in total. The van der Waals surface area contributed by atoms with E-state index in [4.69, 9.17) is 9.84 Å². The lowest BCUT2D eigenvalue weighted by Gasteiger charge is -2.11. The van der Waals surface area contributed by atoms with Crippen molar-refractivity contribution >= 4 is 17.3 Å². The summed E-state index contributed by atoms with van der Waals surface area (Å²) in [7, 11) is 0. The van der Waals surface area contributed by atoms with Gasteiger partial charge in [-0.3, -0.25) is 0 Å². The number of hydrogen-bond donors (Lipinski definition) is 1. The Morgan fingerprint density at radius 2 is 2.11 bits per heavy atom. The Kier molecular flexibility index (Phi) is 3.85. The topological polar surface area (TPSA) is 59.4 Å². The Morgan fingerprint density at radius 3 is 2.74 bits per heavy atom. The molecule has 0 amide bonds. The van der Waals surface area contributed by atoms with Gasteiger partial charge in [0.15, 0.2) is 0 Å². The second-order valence-corrected chi connectivity index (χ2v) is 5.30. The lowest BCUT2D eigenvalue weighted by Crippen LogP contribution is -2.01. The highest BCUT2D eigenvalue weighted by Crippen LogP contribution is 2.24. The Morgan fingerprint density at radius 1 is 1.37 bits per heavy atom. The number of aryl methyl sites for hydroxylation is 2. The molecule has 2 aromatic rings. The van der Waals surface area contributed by atoms with Gasteiger partial charge in [-0.15, -0.1) is 11.3 Å². The van der Waals surface area contributed by atoms with E-state index < -0.39 is 5.97 Å². The van der Waals surface area contributed by atoms with E-state index in [1.54, 1.807) is 5.38 Å². The molecule has 19 heavy (non-hydrogen) atoms. The van der Waals surface area contributed by atoms with Crippen LogP contribution in [0.15, 0.2) is 17.5 Å². The summed E-state index contributed by atoms with van der Waals surface area (Å²) in [6.07, 6.45) is 0. The Balaban J connectivity index is 2.12. The van der Waals surface area contributed by atoms with Crippen molar-refractivity contribution in [3.8, 4) is 5.75 Å². The highest BCUT2D eigenvalue weighted by atomic mass is 32.1. The molecule has 100 valence electrons. The van der Waals surface area contributed by atoms with E-state index in [2.05, 4.69) is 11.1 Å². The zero-order chi connectivity index (χ0) is 14.0. The van der Waals surface area contributed by atoms with Crippen LogP contribution in [0.4, 0.5) is 0 Å². The number of nitrogens with zero attached hydrogens (tertiary/aromatic N) is 1. The third-order valence-corrected chi connectivity index (χ3v) is 3.75. The minimum Gasteiger partial charge on any atom is -0.487 e. The van der Waals surface area contributed by atoms with Gasteiger partial charge in [0.25, 0.3) is 0 Å². The maximum Gasteiger partial charge on any atom is 0.365 e. The molecule has 1 N–H and O–H groups in total. The fourth-order valence-corrected chi connectivity index (χ4v) is 2.41.